The number of aryl methyl sites for hydroxylation is 1. The number of nitrogens with zero attached hydrogens (tertiary/aromatic N) is 3. The van der Waals surface area contributed by atoms with E-state index in [1.54, 1.807) is 31.6 Å². The van der Waals surface area contributed by atoms with Crippen LogP contribution in [0.3, 0.4) is 0 Å². The van der Waals surface area contributed by atoms with E-state index in [4.69, 9.17) is 4.74 Å². The lowest BCUT2D eigenvalue weighted by Gasteiger charge is -2.11. The molecule has 3 aromatic heterocycles. The molecule has 0 atom stereocenters. The van der Waals surface area contributed by atoms with E-state index in [9.17, 15) is 4.79 Å². The first-order chi connectivity index (χ1) is 13.7. The van der Waals surface area contributed by atoms with Crippen molar-refractivity contribution in [1.82, 2.24) is 14.5 Å². The summed E-state index contributed by atoms with van der Waals surface area (Å²) in [5, 5.41) is 6.63. The molecule has 1 aromatic carbocycles. The summed E-state index contributed by atoms with van der Waals surface area (Å²) in [6.45, 7) is 0. The third kappa shape index (κ3) is 3.37. The van der Waals surface area contributed by atoms with E-state index in [-0.39, 0.29) is 6.03 Å². The summed E-state index contributed by atoms with van der Waals surface area (Å²) in [5.41, 5.74) is 4.07. The van der Waals surface area contributed by atoms with Gasteiger partial charge in [0.25, 0.3) is 0 Å². The van der Waals surface area contributed by atoms with Crippen molar-refractivity contribution in [2.24, 2.45) is 7.05 Å². The van der Waals surface area contributed by atoms with Crippen molar-refractivity contribution in [2.45, 2.75) is 0 Å². The molecule has 0 bridgehead atoms. The van der Waals surface area contributed by atoms with Gasteiger partial charge in [-0.25, -0.2) is 4.79 Å². The lowest BCUT2D eigenvalue weighted by atomic mass is 10.1. The molecule has 7 nitrogen and oxygen atoms in total. The minimum Gasteiger partial charge on any atom is -0.495 e. The number of hydrogen-bond donors (Lipinski definition) is 2. The summed E-state index contributed by atoms with van der Waals surface area (Å²) in [4.78, 5) is 20.9. The summed E-state index contributed by atoms with van der Waals surface area (Å²) in [7, 11) is 3.54. The molecule has 4 rings (SSSR count). The Morgan fingerprint density at radius 3 is 2.71 bits per heavy atom. The first-order valence-electron chi connectivity index (χ1n) is 8.72. The highest BCUT2D eigenvalue weighted by Crippen LogP contribution is 2.29. The van der Waals surface area contributed by atoms with Gasteiger partial charge in [-0.15, -0.1) is 0 Å². The van der Waals surface area contributed by atoms with Crippen LogP contribution in [0.4, 0.5) is 16.2 Å². The maximum absolute atomic E-state index is 12.3. The maximum atomic E-state index is 12.3. The number of carbonyl (C=O) groups excluding carboxylic acids is 1. The number of fused-ring (bicyclic) bond motifs is 1. The molecular weight excluding hydrogens is 354 g/mol. The molecule has 0 aliphatic rings. The lowest BCUT2D eigenvalue weighted by Crippen LogP contribution is -2.19. The lowest BCUT2D eigenvalue weighted by molar-refractivity contribution is 0.262. The molecule has 0 unspecified atom stereocenters. The number of urea groups is 1. The van der Waals surface area contributed by atoms with Crippen LogP contribution in [-0.4, -0.2) is 27.7 Å². The number of methoxy groups -OCH3 is 1. The molecule has 0 saturated heterocycles. The van der Waals surface area contributed by atoms with Gasteiger partial charge in [0.2, 0.25) is 0 Å². The van der Waals surface area contributed by atoms with Crippen molar-refractivity contribution in [3.63, 3.8) is 0 Å². The third-order valence-electron chi connectivity index (χ3n) is 4.45. The van der Waals surface area contributed by atoms with E-state index < -0.39 is 0 Å². The maximum Gasteiger partial charge on any atom is 0.323 e. The molecule has 7 heteroatoms. The standard InChI is InChI=1S/C21H19N5O2/c1-26-13-16(15-9-10-22-12-19(15)26)17-8-7-14(11-23-17)24-21(27)25-18-5-3-4-6-20(18)28-2/h3-13H,1-2H3,(H2,24,25,27). The van der Waals surface area contributed by atoms with E-state index >= 15 is 0 Å². The van der Waals surface area contributed by atoms with Crippen molar-refractivity contribution in [1.29, 1.82) is 0 Å². The van der Waals surface area contributed by atoms with E-state index in [2.05, 4.69) is 20.6 Å². The van der Waals surface area contributed by atoms with Crippen LogP contribution in [0.25, 0.3) is 22.2 Å². The minimum atomic E-state index is -0.365. The molecule has 0 saturated carbocycles. The smallest absolute Gasteiger partial charge is 0.323 e. The molecule has 0 aliphatic heterocycles. The predicted octanol–water partition coefficient (Wildman–Crippen LogP) is 4.29. The van der Waals surface area contributed by atoms with E-state index in [1.807, 2.05) is 54.3 Å². The third-order valence-corrected chi connectivity index (χ3v) is 4.45. The first kappa shape index (κ1) is 17.5. The Morgan fingerprint density at radius 1 is 1.07 bits per heavy atom. The molecular formula is C21H19N5O2. The Labute approximate surface area is 162 Å². The van der Waals surface area contributed by atoms with Crippen LogP contribution >= 0.6 is 0 Å². The predicted molar refractivity (Wildman–Crippen MR) is 110 cm³/mol. The van der Waals surface area contributed by atoms with E-state index in [1.165, 1.54) is 0 Å². The second-order valence-electron chi connectivity index (χ2n) is 6.26. The van der Waals surface area contributed by atoms with Crippen LogP contribution in [0.5, 0.6) is 5.75 Å². The van der Waals surface area contributed by atoms with Crippen molar-refractivity contribution in [3.8, 4) is 17.0 Å². The molecule has 2 N–H and O–H groups in total. The van der Waals surface area contributed by atoms with Crippen molar-refractivity contribution >= 4 is 28.3 Å². The fourth-order valence-corrected chi connectivity index (χ4v) is 3.09. The zero-order chi connectivity index (χ0) is 19.5. The summed E-state index contributed by atoms with van der Waals surface area (Å²) in [5.74, 6) is 0.594. The van der Waals surface area contributed by atoms with Crippen molar-refractivity contribution < 1.29 is 9.53 Å². The van der Waals surface area contributed by atoms with Gasteiger partial charge >= 0.3 is 6.03 Å². The average molecular weight is 373 g/mol. The summed E-state index contributed by atoms with van der Waals surface area (Å²) < 4.78 is 7.26. The molecule has 0 aliphatic carbocycles. The summed E-state index contributed by atoms with van der Waals surface area (Å²) in [6, 6.07) is 12.5. The van der Waals surface area contributed by atoms with Gasteiger partial charge in [-0.1, -0.05) is 12.1 Å². The summed E-state index contributed by atoms with van der Waals surface area (Å²) >= 11 is 0. The number of amides is 2. The molecule has 4 aromatic rings. The number of para-hydroxylation sites is 2. The molecule has 3 heterocycles. The Bertz CT molecular complexity index is 1140. The van der Waals surface area contributed by atoms with E-state index in [0.29, 0.717) is 17.1 Å². The second kappa shape index (κ2) is 7.40. The topological polar surface area (TPSA) is 81.1 Å². The number of hydrogen-bond acceptors (Lipinski definition) is 4. The zero-order valence-electron chi connectivity index (χ0n) is 15.5. The number of aromatic nitrogens is 3. The van der Waals surface area contributed by atoms with Gasteiger partial charge in [0.1, 0.15) is 5.75 Å². The second-order valence-corrected chi connectivity index (χ2v) is 6.26. The van der Waals surface area contributed by atoms with Gasteiger partial charge in [-0.3, -0.25) is 9.97 Å². The first-order valence-corrected chi connectivity index (χ1v) is 8.72. The number of benzene rings is 1. The van der Waals surface area contributed by atoms with Crippen LogP contribution in [0, 0.1) is 0 Å². The Balaban J connectivity index is 1.51. The van der Waals surface area contributed by atoms with Crippen LogP contribution in [0.15, 0.2) is 67.3 Å². The molecule has 140 valence electrons. The fraction of sp³-hybridized carbons (Fsp3) is 0.0952. The molecule has 0 radical (unpaired) electrons. The molecule has 2 amide bonds. The zero-order valence-corrected chi connectivity index (χ0v) is 15.5. The number of nitrogens with one attached hydrogen (secondary N) is 2. The summed E-state index contributed by atoms with van der Waals surface area (Å²) in [6.07, 6.45) is 7.26. The van der Waals surface area contributed by atoms with Gasteiger partial charge in [-0.2, -0.15) is 0 Å². The van der Waals surface area contributed by atoms with Gasteiger partial charge in [0, 0.05) is 30.4 Å². The van der Waals surface area contributed by atoms with Crippen LogP contribution < -0.4 is 15.4 Å². The number of ether oxygens (including phenoxy) is 1. The highest BCUT2D eigenvalue weighted by molar-refractivity contribution is 6.01. The van der Waals surface area contributed by atoms with Gasteiger partial charge in [0.15, 0.2) is 0 Å². The normalized spacial score (nSPS) is 10.6. The molecule has 28 heavy (non-hydrogen) atoms. The SMILES string of the molecule is COc1ccccc1NC(=O)Nc1ccc(-c2cn(C)c3cnccc23)nc1. The van der Waals surface area contributed by atoms with Gasteiger partial charge in [0.05, 0.1) is 42.1 Å². The minimum absolute atomic E-state index is 0.365. The number of carbonyl (C=O) groups is 1. The Hall–Kier alpha value is -3.87. The Morgan fingerprint density at radius 2 is 1.93 bits per heavy atom. The monoisotopic (exact) mass is 373 g/mol. The highest BCUT2D eigenvalue weighted by atomic mass is 16.5. The average Bonchev–Trinajstić information content (AvgIpc) is 3.06. The number of pyridine rings is 2. The largest absolute Gasteiger partial charge is 0.495 e. The van der Waals surface area contributed by atoms with Crippen LogP contribution in [0.1, 0.15) is 0 Å². The quantitative estimate of drug-likeness (QED) is 0.559. The highest BCUT2D eigenvalue weighted by Gasteiger charge is 2.11. The molecule has 0 spiro atoms. The van der Waals surface area contributed by atoms with Crippen LogP contribution in [-0.2, 0) is 7.05 Å². The molecule has 0 fully saturated rings. The van der Waals surface area contributed by atoms with E-state index in [0.717, 1.165) is 22.2 Å². The number of anilines is 2. The van der Waals surface area contributed by atoms with Crippen LogP contribution in [0.2, 0.25) is 0 Å². The van der Waals surface area contributed by atoms with Gasteiger partial charge < -0.3 is 19.9 Å². The van der Waals surface area contributed by atoms with Crippen molar-refractivity contribution in [3.05, 3.63) is 67.3 Å². The fourth-order valence-electron chi connectivity index (χ4n) is 3.09. The van der Waals surface area contributed by atoms with Crippen molar-refractivity contribution in [2.75, 3.05) is 17.7 Å². The Kier molecular flexibility index (Phi) is 4.63. The number of rotatable bonds is 4. The van der Waals surface area contributed by atoms with Gasteiger partial charge in [-0.05, 0) is 30.3 Å².